The number of aliphatic hydroxyl groups is 1. The molecule has 0 saturated carbocycles. The maximum atomic E-state index is 16.0. The molecular weight excluding hydrogens is 660 g/mol. The van der Waals surface area contributed by atoms with Crippen LogP contribution in [0.1, 0.15) is 12.5 Å². The highest BCUT2D eigenvalue weighted by molar-refractivity contribution is 7.79. The number of imidazole rings is 2. The third-order valence-electron chi connectivity index (χ3n) is 7.70. The average Bonchev–Trinajstić information content (AvgIpc) is 3.75. The molecule has 7 rings (SSSR count). The first-order valence-corrected chi connectivity index (χ1v) is 16.5. The molecule has 3 saturated heterocycles. The first kappa shape index (κ1) is 31.2. The van der Waals surface area contributed by atoms with Crippen molar-refractivity contribution in [3.63, 3.8) is 0 Å². The van der Waals surface area contributed by atoms with Crippen LogP contribution in [-0.2, 0) is 36.7 Å². The first-order chi connectivity index (χ1) is 21.9. The van der Waals surface area contributed by atoms with Gasteiger partial charge in [-0.25, -0.2) is 28.9 Å². The van der Waals surface area contributed by atoms with E-state index < -0.39 is 89.6 Å². The van der Waals surface area contributed by atoms with Gasteiger partial charge in [0.05, 0.1) is 38.6 Å². The minimum Gasteiger partial charge on any atom is -0.396 e. The number of nitrogen functional groups attached to an aromatic ring is 2. The summed E-state index contributed by atoms with van der Waals surface area (Å²) in [7, 11) is -3.86. The molecule has 25 heteroatoms. The van der Waals surface area contributed by atoms with Gasteiger partial charge in [-0.15, -0.1) is 0 Å². The Bertz CT molecular complexity index is 1960. The van der Waals surface area contributed by atoms with Crippen LogP contribution in [0.25, 0.3) is 22.3 Å². The summed E-state index contributed by atoms with van der Waals surface area (Å²) in [6.45, 7) is -2.18. The van der Waals surface area contributed by atoms with E-state index in [2.05, 4.69) is 29.9 Å². The predicted molar refractivity (Wildman–Crippen MR) is 150 cm³/mol. The lowest BCUT2D eigenvalue weighted by Gasteiger charge is -2.26. The Hall–Kier alpha value is -3.37. The second-order valence-electron chi connectivity index (χ2n) is 10.5. The lowest BCUT2D eigenvalue weighted by molar-refractivity contribution is -0.0630. The summed E-state index contributed by atoms with van der Waals surface area (Å²) in [6.07, 6.45) is -7.53. The number of fused-ring (bicyclic) bond motifs is 5. The van der Waals surface area contributed by atoms with Gasteiger partial charge in [-0.05, 0) is 0 Å². The topological polar surface area (TPSA) is 289 Å². The average molecular weight is 684 g/mol. The number of rotatable bonds is 3. The number of alkyl halides is 1. The van der Waals surface area contributed by atoms with E-state index in [1.165, 1.54) is 15.5 Å². The quantitative estimate of drug-likeness (QED) is 0.128. The van der Waals surface area contributed by atoms with E-state index in [1.54, 1.807) is 0 Å². The number of ether oxygens (including phenoxy) is 2. The van der Waals surface area contributed by atoms with E-state index in [0.717, 1.165) is 12.7 Å². The van der Waals surface area contributed by atoms with Crippen LogP contribution in [0.4, 0.5) is 16.2 Å². The summed E-state index contributed by atoms with van der Waals surface area (Å²) < 4.78 is 78.3. The number of phosphoric ester groups is 1. The molecule has 21 nitrogen and oxygen atoms in total. The number of phosphoric acid groups is 1. The van der Waals surface area contributed by atoms with Crippen LogP contribution in [0.5, 0.6) is 0 Å². The van der Waals surface area contributed by atoms with Gasteiger partial charge in [0.25, 0.3) is 13.0 Å². The van der Waals surface area contributed by atoms with Crippen LogP contribution in [0.15, 0.2) is 23.8 Å². The third-order valence-corrected chi connectivity index (χ3v) is 9.73. The number of hydrogen-bond donors (Lipinski definition) is 5. The number of nitrogens with zero attached hydrogens (tertiary/aromatic N) is 7. The molecule has 244 valence electrons. The summed E-state index contributed by atoms with van der Waals surface area (Å²) in [6, 6.07) is 0. The molecule has 10 atom stereocenters. The highest BCUT2D eigenvalue weighted by Gasteiger charge is 2.54. The SMILES string of the molecule is [B][P@]1(=O)OC[C@H]2O[C@@H](n3cnc4c(=O)[nH]c(N)nc43)[C@H](OP(=O)(O)OC[C@H]3O[C@@H](n4cnc5c(N)ncnc54)[C@H](F)[C@@H]3O1)[C@@H]2CO. The fraction of sp³-hybridized carbons (Fsp3) is 0.524. The van der Waals surface area contributed by atoms with Crippen molar-refractivity contribution in [1.29, 1.82) is 0 Å². The molecule has 7 heterocycles. The zero-order chi connectivity index (χ0) is 32.5. The molecule has 3 fully saturated rings. The Balaban J connectivity index is 1.22. The molecule has 0 amide bonds. The molecule has 2 bridgehead atoms. The van der Waals surface area contributed by atoms with Crippen molar-refractivity contribution in [2.45, 2.75) is 43.0 Å². The second-order valence-corrected chi connectivity index (χ2v) is 13.5. The smallest absolute Gasteiger partial charge is 0.396 e. The van der Waals surface area contributed by atoms with Gasteiger partial charge >= 0.3 is 7.82 Å². The molecular formula is C21H24BFN10O11P2. The summed E-state index contributed by atoms with van der Waals surface area (Å²) in [5.74, 6) is -1.38. The van der Waals surface area contributed by atoms with Gasteiger partial charge < -0.3 is 40.0 Å². The molecule has 0 aliphatic carbocycles. The van der Waals surface area contributed by atoms with Gasteiger partial charge in [-0.1, -0.05) is 0 Å². The van der Waals surface area contributed by atoms with Gasteiger partial charge in [0.2, 0.25) is 13.5 Å². The second kappa shape index (κ2) is 11.4. The van der Waals surface area contributed by atoms with Gasteiger partial charge in [0.15, 0.2) is 41.3 Å². The molecule has 3 aliphatic rings. The van der Waals surface area contributed by atoms with Crippen molar-refractivity contribution in [2.75, 3.05) is 31.3 Å². The molecule has 0 spiro atoms. The van der Waals surface area contributed by atoms with Crippen molar-refractivity contribution in [3.05, 3.63) is 29.3 Å². The van der Waals surface area contributed by atoms with E-state index in [1.807, 2.05) is 0 Å². The number of hydrogen-bond acceptors (Lipinski definition) is 17. The Labute approximate surface area is 256 Å². The van der Waals surface area contributed by atoms with Gasteiger partial charge in [-0.2, -0.15) is 4.98 Å². The molecule has 7 N–H and O–H groups in total. The van der Waals surface area contributed by atoms with Gasteiger partial charge in [0.1, 0.15) is 30.2 Å². The van der Waals surface area contributed by atoms with Gasteiger partial charge in [-0.3, -0.25) is 32.5 Å². The van der Waals surface area contributed by atoms with Crippen LogP contribution >= 0.6 is 15.3 Å². The Morgan fingerprint density at radius 1 is 0.978 bits per heavy atom. The predicted octanol–water partition coefficient (Wildman–Crippen LogP) is -0.940. The molecule has 1 unspecified atom stereocenters. The summed E-state index contributed by atoms with van der Waals surface area (Å²) >= 11 is 0. The fourth-order valence-electron chi connectivity index (χ4n) is 5.61. The van der Waals surface area contributed by atoms with Crippen LogP contribution in [0.3, 0.4) is 0 Å². The number of aromatic amines is 1. The first-order valence-electron chi connectivity index (χ1n) is 13.4. The van der Waals surface area contributed by atoms with Crippen molar-refractivity contribution in [2.24, 2.45) is 5.92 Å². The summed E-state index contributed by atoms with van der Waals surface area (Å²) in [5.41, 5.74) is 10.9. The van der Waals surface area contributed by atoms with Crippen LogP contribution in [-0.4, -0.2) is 107 Å². The van der Waals surface area contributed by atoms with Crippen molar-refractivity contribution in [3.8, 4) is 0 Å². The fourth-order valence-corrected chi connectivity index (χ4v) is 7.58. The van der Waals surface area contributed by atoms with E-state index in [0.29, 0.717) is 0 Å². The number of nitrogens with two attached hydrogens (primary N) is 2. The lowest BCUT2D eigenvalue weighted by atomic mass is 9.99. The molecule has 3 aliphatic heterocycles. The number of anilines is 2. The van der Waals surface area contributed by atoms with E-state index in [-0.39, 0.29) is 34.1 Å². The summed E-state index contributed by atoms with van der Waals surface area (Å²) in [4.78, 5) is 45.5. The maximum Gasteiger partial charge on any atom is 0.472 e. The Morgan fingerprint density at radius 3 is 2.43 bits per heavy atom. The number of halogens is 1. The molecule has 2 radical (unpaired) electrons. The molecule has 0 aromatic carbocycles. The van der Waals surface area contributed by atoms with Crippen LogP contribution in [0, 0.1) is 5.92 Å². The van der Waals surface area contributed by atoms with Gasteiger partial charge in [0, 0.05) is 5.92 Å². The van der Waals surface area contributed by atoms with E-state index in [4.69, 9.17) is 46.6 Å². The zero-order valence-electron chi connectivity index (χ0n) is 23.2. The van der Waals surface area contributed by atoms with E-state index >= 15 is 4.39 Å². The Kier molecular flexibility index (Phi) is 7.75. The van der Waals surface area contributed by atoms with Crippen molar-refractivity contribution < 1.29 is 51.1 Å². The standard InChI is InChI=1S/C21H24BFN10O11P2/c22-45(36)39-2-8-7(1-34)13(20(41-8)33-6-29-12-17(33)30-21(25)31-18(12)35)44-46(37,38)40-3-9-14(43-45)10(23)19(42-9)32-5-28-11-15(24)26-4-27-16(11)32/h4-10,13-14,19-20,34H,1-3H2,(H,37,38)(H2,24,26,27)(H3,25,30,31,35)/t7-,8-,9-,10-,13-,14-,19-,20-,45+/m1/s1. The molecule has 4 aromatic rings. The van der Waals surface area contributed by atoms with Crippen LogP contribution in [0.2, 0.25) is 0 Å². The number of aliphatic hydroxyl groups excluding tert-OH is 1. The normalized spacial score (nSPS) is 37.1. The van der Waals surface area contributed by atoms with Crippen molar-refractivity contribution in [1.82, 2.24) is 39.0 Å². The monoisotopic (exact) mass is 684 g/mol. The highest BCUT2D eigenvalue weighted by Crippen LogP contribution is 2.54. The summed E-state index contributed by atoms with van der Waals surface area (Å²) in [5, 5.41) is 10.3. The number of aromatic nitrogens is 8. The zero-order valence-corrected chi connectivity index (χ0v) is 25.0. The maximum absolute atomic E-state index is 16.0. The van der Waals surface area contributed by atoms with E-state index in [9.17, 15) is 23.9 Å². The minimum absolute atomic E-state index is 0.0172. The molecule has 46 heavy (non-hydrogen) atoms. The third kappa shape index (κ3) is 5.41. The lowest BCUT2D eigenvalue weighted by Crippen LogP contribution is -2.34. The number of nitrogens with one attached hydrogen (secondary N) is 1. The van der Waals surface area contributed by atoms with Crippen LogP contribution < -0.4 is 17.0 Å². The number of H-pyrrole nitrogens is 1. The minimum atomic E-state index is -5.09. The largest absolute Gasteiger partial charge is 0.472 e. The van der Waals surface area contributed by atoms with Crippen molar-refractivity contribution >= 4 is 57.0 Å². The highest BCUT2D eigenvalue weighted by atomic mass is 31.2. The Morgan fingerprint density at radius 2 is 1.67 bits per heavy atom. The molecule has 4 aromatic heterocycles.